The van der Waals surface area contributed by atoms with Gasteiger partial charge in [-0.25, -0.2) is 4.98 Å². The number of carbonyl (C=O) groups is 1. The van der Waals surface area contributed by atoms with E-state index in [0.29, 0.717) is 56.2 Å². The summed E-state index contributed by atoms with van der Waals surface area (Å²) >= 11 is 0. The molecule has 32 heavy (non-hydrogen) atoms. The number of morpholine rings is 2. The molecule has 2 aliphatic rings. The molecule has 2 aromatic rings. The number of ether oxygens (including phenoxy) is 4. The summed E-state index contributed by atoms with van der Waals surface area (Å²) in [6.07, 6.45) is 0. The monoisotopic (exact) mass is 443 g/mol. The molecule has 2 aliphatic heterocycles. The number of hydrogen-bond acceptors (Lipinski definition) is 9. The van der Waals surface area contributed by atoms with Crippen LogP contribution in [-0.2, 0) is 9.47 Å². The number of hydrogen-bond donors (Lipinski definition) is 1. The molecule has 1 aromatic carbocycles. The predicted molar refractivity (Wildman–Crippen MR) is 119 cm³/mol. The normalized spacial score (nSPS) is 17.1. The van der Waals surface area contributed by atoms with Gasteiger partial charge in [0.15, 0.2) is 0 Å². The van der Waals surface area contributed by atoms with Gasteiger partial charge in [0.25, 0.3) is 5.91 Å². The molecule has 0 atom stereocenters. The first-order chi connectivity index (χ1) is 15.7. The Bertz CT molecular complexity index is 900. The molecule has 2 saturated heterocycles. The zero-order chi connectivity index (χ0) is 22.2. The van der Waals surface area contributed by atoms with Gasteiger partial charge in [-0.2, -0.15) is 4.98 Å². The number of benzene rings is 1. The van der Waals surface area contributed by atoms with E-state index in [1.165, 1.54) is 0 Å². The van der Waals surface area contributed by atoms with Crippen molar-refractivity contribution in [3.05, 3.63) is 36.0 Å². The van der Waals surface area contributed by atoms with Gasteiger partial charge < -0.3 is 29.2 Å². The summed E-state index contributed by atoms with van der Waals surface area (Å²) < 4.78 is 22.0. The molecule has 2 fully saturated rings. The van der Waals surface area contributed by atoms with Gasteiger partial charge in [-0.3, -0.25) is 9.69 Å². The predicted octanol–water partition coefficient (Wildman–Crippen LogP) is 1.29. The number of anilines is 2. The minimum absolute atomic E-state index is 0.241. The maximum Gasteiger partial charge on any atom is 0.274 e. The van der Waals surface area contributed by atoms with E-state index in [-0.39, 0.29) is 11.6 Å². The lowest BCUT2D eigenvalue weighted by molar-refractivity contribution is 0.0320. The van der Waals surface area contributed by atoms with Crippen LogP contribution in [0.5, 0.6) is 11.6 Å². The number of carbonyl (C=O) groups excluding carboxylic acids is 1. The van der Waals surface area contributed by atoms with Crippen molar-refractivity contribution in [3.8, 4) is 11.6 Å². The van der Waals surface area contributed by atoms with E-state index in [1.807, 2.05) is 17.0 Å². The van der Waals surface area contributed by atoms with Crippen LogP contribution in [0.25, 0.3) is 0 Å². The van der Waals surface area contributed by atoms with Crippen molar-refractivity contribution in [1.82, 2.24) is 14.9 Å². The summed E-state index contributed by atoms with van der Waals surface area (Å²) in [4.78, 5) is 26.3. The zero-order valence-corrected chi connectivity index (χ0v) is 18.3. The molecule has 0 saturated carbocycles. The summed E-state index contributed by atoms with van der Waals surface area (Å²) in [5.41, 5.74) is 0.862. The quantitative estimate of drug-likeness (QED) is 0.647. The fraction of sp³-hybridized carbons (Fsp3) is 0.500. The van der Waals surface area contributed by atoms with E-state index in [0.717, 1.165) is 32.8 Å². The fourth-order valence-corrected chi connectivity index (χ4v) is 3.51. The lowest BCUT2D eigenvalue weighted by atomic mass is 10.3. The highest BCUT2D eigenvalue weighted by molar-refractivity contribution is 6.03. The number of methoxy groups -OCH3 is 1. The standard InChI is InChI=1S/C22H29N5O5/c1-29-18-4-2-3-17(15-18)23-21(28)19-16-20(32-14-7-26-5-10-30-11-6-26)25-22(24-19)27-8-12-31-13-9-27/h2-4,15-16H,5-14H2,1H3,(H,23,28). The Morgan fingerprint density at radius 1 is 1.06 bits per heavy atom. The highest BCUT2D eigenvalue weighted by atomic mass is 16.5. The minimum Gasteiger partial charge on any atom is -0.497 e. The highest BCUT2D eigenvalue weighted by Crippen LogP contribution is 2.20. The molecule has 10 nitrogen and oxygen atoms in total. The molecule has 1 N–H and O–H groups in total. The lowest BCUT2D eigenvalue weighted by Gasteiger charge is -2.27. The van der Waals surface area contributed by atoms with Crippen molar-refractivity contribution in [2.24, 2.45) is 0 Å². The molecule has 0 aliphatic carbocycles. The van der Waals surface area contributed by atoms with Crippen LogP contribution >= 0.6 is 0 Å². The van der Waals surface area contributed by atoms with Crippen LogP contribution in [0.2, 0.25) is 0 Å². The Kier molecular flexibility index (Phi) is 7.70. The van der Waals surface area contributed by atoms with Gasteiger partial charge in [-0.1, -0.05) is 6.07 Å². The number of amides is 1. The second-order valence-electron chi connectivity index (χ2n) is 7.48. The topological polar surface area (TPSA) is 98.3 Å². The average Bonchev–Trinajstić information content (AvgIpc) is 2.85. The van der Waals surface area contributed by atoms with Crippen molar-refractivity contribution in [3.63, 3.8) is 0 Å². The summed E-state index contributed by atoms with van der Waals surface area (Å²) in [5.74, 6) is 1.17. The van der Waals surface area contributed by atoms with Gasteiger partial charge in [0, 0.05) is 50.5 Å². The Morgan fingerprint density at radius 2 is 1.81 bits per heavy atom. The molecular formula is C22H29N5O5. The number of nitrogens with zero attached hydrogens (tertiary/aromatic N) is 4. The van der Waals surface area contributed by atoms with E-state index >= 15 is 0 Å². The summed E-state index contributed by atoms with van der Waals surface area (Å²) in [5, 5.41) is 2.87. The van der Waals surface area contributed by atoms with E-state index in [4.69, 9.17) is 18.9 Å². The van der Waals surface area contributed by atoms with Crippen molar-refractivity contribution in [1.29, 1.82) is 0 Å². The van der Waals surface area contributed by atoms with Gasteiger partial charge in [0.2, 0.25) is 11.8 Å². The molecule has 1 amide bonds. The fourth-order valence-electron chi connectivity index (χ4n) is 3.51. The van der Waals surface area contributed by atoms with Crippen molar-refractivity contribution in [2.45, 2.75) is 0 Å². The SMILES string of the molecule is COc1cccc(NC(=O)c2cc(OCCN3CCOCC3)nc(N3CCOCC3)n2)c1. The Labute approximate surface area is 187 Å². The van der Waals surface area contributed by atoms with Crippen LogP contribution in [0, 0.1) is 0 Å². The third kappa shape index (κ3) is 6.06. The van der Waals surface area contributed by atoms with Crippen LogP contribution in [0.15, 0.2) is 30.3 Å². The Morgan fingerprint density at radius 3 is 2.56 bits per heavy atom. The van der Waals surface area contributed by atoms with Gasteiger partial charge in [-0.05, 0) is 12.1 Å². The molecule has 0 unspecified atom stereocenters. The van der Waals surface area contributed by atoms with Crippen molar-refractivity contribution < 1.29 is 23.7 Å². The molecule has 4 rings (SSSR count). The maximum atomic E-state index is 13.0. The van der Waals surface area contributed by atoms with Crippen LogP contribution in [0.3, 0.4) is 0 Å². The molecule has 10 heteroatoms. The summed E-state index contributed by atoms with van der Waals surface area (Å²) in [7, 11) is 1.58. The van der Waals surface area contributed by atoms with Gasteiger partial charge in [0.1, 0.15) is 18.1 Å². The zero-order valence-electron chi connectivity index (χ0n) is 18.3. The Balaban J connectivity index is 1.48. The second-order valence-corrected chi connectivity index (χ2v) is 7.48. The highest BCUT2D eigenvalue weighted by Gasteiger charge is 2.19. The van der Waals surface area contributed by atoms with Crippen LogP contribution in [0.1, 0.15) is 10.5 Å². The van der Waals surface area contributed by atoms with Crippen LogP contribution in [-0.4, -0.2) is 93.6 Å². The van der Waals surface area contributed by atoms with Gasteiger partial charge in [-0.15, -0.1) is 0 Å². The summed E-state index contributed by atoms with van der Waals surface area (Å²) in [6.45, 7) is 7.01. The minimum atomic E-state index is -0.340. The molecule has 1 aromatic heterocycles. The maximum absolute atomic E-state index is 13.0. The molecule has 0 radical (unpaired) electrons. The van der Waals surface area contributed by atoms with Gasteiger partial charge in [0.05, 0.1) is 33.5 Å². The van der Waals surface area contributed by atoms with E-state index in [9.17, 15) is 4.79 Å². The van der Waals surface area contributed by atoms with Crippen LogP contribution < -0.4 is 19.7 Å². The molecule has 0 spiro atoms. The van der Waals surface area contributed by atoms with E-state index in [1.54, 1.807) is 25.3 Å². The average molecular weight is 444 g/mol. The molecule has 0 bridgehead atoms. The first-order valence-electron chi connectivity index (χ1n) is 10.8. The number of rotatable bonds is 8. The molecular weight excluding hydrogens is 414 g/mol. The molecule has 172 valence electrons. The third-order valence-electron chi connectivity index (χ3n) is 5.31. The molecule has 3 heterocycles. The first kappa shape index (κ1) is 22.3. The number of nitrogens with one attached hydrogen (secondary N) is 1. The van der Waals surface area contributed by atoms with E-state index < -0.39 is 0 Å². The lowest BCUT2D eigenvalue weighted by Crippen LogP contribution is -2.39. The largest absolute Gasteiger partial charge is 0.497 e. The second kappa shape index (κ2) is 11.1. The number of aromatic nitrogens is 2. The van der Waals surface area contributed by atoms with Gasteiger partial charge >= 0.3 is 0 Å². The Hall–Kier alpha value is -2.95. The summed E-state index contributed by atoms with van der Waals surface area (Å²) in [6, 6.07) is 8.76. The third-order valence-corrected chi connectivity index (χ3v) is 5.31. The smallest absolute Gasteiger partial charge is 0.274 e. The first-order valence-corrected chi connectivity index (χ1v) is 10.8. The van der Waals surface area contributed by atoms with Crippen LogP contribution in [0.4, 0.5) is 11.6 Å². The van der Waals surface area contributed by atoms with E-state index in [2.05, 4.69) is 20.2 Å². The van der Waals surface area contributed by atoms with Crippen molar-refractivity contribution >= 4 is 17.5 Å². The van der Waals surface area contributed by atoms with Crippen molar-refractivity contribution in [2.75, 3.05) is 83.1 Å².